The molecule has 0 spiro atoms. The minimum absolute atomic E-state index is 0.0844. The number of nitrogens with zero attached hydrogens (tertiary/aromatic N) is 1. The van der Waals surface area contributed by atoms with E-state index in [1.165, 1.54) is 18.2 Å². The van der Waals surface area contributed by atoms with E-state index < -0.39 is 48.1 Å². The first-order valence-electron chi connectivity index (χ1n) is 16.2. The molecule has 49 heavy (non-hydrogen) atoms. The summed E-state index contributed by atoms with van der Waals surface area (Å²) in [4.78, 5) is 55.5. The molecule has 1 aliphatic rings. The van der Waals surface area contributed by atoms with Crippen molar-refractivity contribution in [3.05, 3.63) is 83.1 Å². The first kappa shape index (κ1) is 37.0. The van der Waals surface area contributed by atoms with E-state index >= 15 is 0 Å². The average Bonchev–Trinajstić information content (AvgIpc) is 3.06. The van der Waals surface area contributed by atoms with Crippen molar-refractivity contribution in [2.75, 3.05) is 26.3 Å². The maximum absolute atomic E-state index is 14.8. The first-order chi connectivity index (χ1) is 23.4. The summed E-state index contributed by atoms with van der Waals surface area (Å²) < 4.78 is 32.3. The molecule has 3 N–H and O–H groups in total. The number of benzene rings is 3. The third-order valence-electron chi connectivity index (χ3n) is 7.63. The van der Waals surface area contributed by atoms with Crippen LogP contribution in [0.25, 0.3) is 0 Å². The van der Waals surface area contributed by atoms with Crippen LogP contribution in [-0.2, 0) is 14.4 Å². The molecule has 0 aromatic heterocycles. The second-order valence-corrected chi connectivity index (χ2v) is 12.5. The topological polar surface area (TPSA) is 135 Å². The molecule has 0 fully saturated rings. The van der Waals surface area contributed by atoms with Crippen molar-refractivity contribution in [3.63, 3.8) is 0 Å². The number of carbonyl (C=O) groups excluding carboxylic acids is 4. The molecule has 1 heterocycles. The van der Waals surface area contributed by atoms with Crippen LogP contribution in [0, 0.1) is 11.7 Å². The fourth-order valence-electron chi connectivity index (χ4n) is 5.20. The van der Waals surface area contributed by atoms with E-state index in [0.717, 1.165) is 0 Å². The Hall–Kier alpha value is -4.84. The normalized spacial score (nSPS) is 17.9. The lowest BCUT2D eigenvalue weighted by molar-refractivity contribution is -0.137. The van der Waals surface area contributed by atoms with Crippen LogP contribution in [-0.4, -0.2) is 73.0 Å². The number of likely N-dealkylation sites (N-methyl/N-ethyl adjacent to an activating group) is 1. The Morgan fingerprint density at radius 2 is 1.78 bits per heavy atom. The Labute approximate surface area is 290 Å². The lowest BCUT2D eigenvalue weighted by atomic mass is 10.0. The molecular weight excluding hydrogens is 655 g/mol. The highest BCUT2D eigenvalue weighted by Crippen LogP contribution is 2.34. The van der Waals surface area contributed by atoms with Gasteiger partial charge in [-0.3, -0.25) is 19.2 Å². The van der Waals surface area contributed by atoms with Crippen molar-refractivity contribution in [1.29, 1.82) is 0 Å². The Kier molecular flexibility index (Phi) is 13.2. The lowest BCUT2D eigenvalue weighted by Crippen LogP contribution is -2.54. The summed E-state index contributed by atoms with van der Waals surface area (Å²) in [5, 5.41) is 8.69. The second kappa shape index (κ2) is 17.5. The number of fused-ring (bicyclic) bond motifs is 1. The van der Waals surface area contributed by atoms with E-state index in [0.29, 0.717) is 23.7 Å². The van der Waals surface area contributed by atoms with Gasteiger partial charge >= 0.3 is 0 Å². The Bertz CT molecular complexity index is 1620. The third kappa shape index (κ3) is 10.6. The maximum Gasteiger partial charge on any atom is 0.255 e. The molecular formula is C36H42ClFN4O7. The van der Waals surface area contributed by atoms with Crippen molar-refractivity contribution in [3.8, 4) is 23.0 Å². The summed E-state index contributed by atoms with van der Waals surface area (Å²) in [6.07, 6.45) is -0.0727. The third-order valence-corrected chi connectivity index (χ3v) is 7.89. The molecule has 3 atom stereocenters. The summed E-state index contributed by atoms with van der Waals surface area (Å²) >= 11 is 5.95. The van der Waals surface area contributed by atoms with Gasteiger partial charge in [0.25, 0.3) is 5.91 Å². The molecule has 0 bridgehead atoms. The molecule has 0 aliphatic carbocycles. The SMILES string of the molecule is CCN1CCOc2ccccc2C(=O)N[C@H](C(=O)N[C@H](C)COc2c(F)cccc2Oc2ccc(Cl)cc2)CC(=O)N[C@@H](CC(C)C)C1=O. The maximum atomic E-state index is 14.8. The number of rotatable bonds is 10. The number of hydrogen-bond donors (Lipinski definition) is 3. The standard InChI is InChI=1S/C36H42ClFN4O7/c1-5-42-17-18-47-30-11-7-6-9-26(30)34(44)41-28(20-32(43)40-29(36(42)46)19-22(2)3)35(45)39-23(4)21-48-33-27(38)10-8-12-31(33)49-25-15-13-24(37)14-16-25/h6-16,22-23,28-29H,5,17-21H2,1-4H3,(H,39,45)(H,40,43)(H,41,44)/t23-,28+,29+/m1/s1. The molecule has 1 aliphatic heterocycles. The highest BCUT2D eigenvalue weighted by molar-refractivity contribution is 6.30. The van der Waals surface area contributed by atoms with Gasteiger partial charge in [0.1, 0.15) is 36.8 Å². The zero-order chi connectivity index (χ0) is 35.5. The molecule has 0 unspecified atom stereocenters. The van der Waals surface area contributed by atoms with Crippen LogP contribution < -0.4 is 30.2 Å². The highest BCUT2D eigenvalue weighted by atomic mass is 35.5. The smallest absolute Gasteiger partial charge is 0.255 e. The molecule has 0 radical (unpaired) electrons. The number of para-hydroxylation sites is 2. The Morgan fingerprint density at radius 3 is 2.49 bits per heavy atom. The van der Waals surface area contributed by atoms with Crippen LogP contribution in [0.2, 0.25) is 5.02 Å². The summed E-state index contributed by atoms with van der Waals surface area (Å²) in [7, 11) is 0. The monoisotopic (exact) mass is 696 g/mol. The predicted octanol–water partition coefficient (Wildman–Crippen LogP) is 5.12. The van der Waals surface area contributed by atoms with E-state index in [1.807, 2.05) is 20.8 Å². The van der Waals surface area contributed by atoms with Crippen molar-refractivity contribution in [2.45, 2.75) is 58.7 Å². The number of nitrogens with one attached hydrogen (secondary N) is 3. The molecule has 13 heteroatoms. The van der Waals surface area contributed by atoms with Gasteiger partial charge in [-0.2, -0.15) is 0 Å². The number of carbonyl (C=O) groups is 4. The largest absolute Gasteiger partial charge is 0.491 e. The summed E-state index contributed by atoms with van der Waals surface area (Å²) in [6, 6.07) is 14.4. The predicted molar refractivity (Wildman–Crippen MR) is 182 cm³/mol. The fraction of sp³-hybridized carbons (Fsp3) is 0.389. The van der Waals surface area contributed by atoms with Gasteiger partial charge in [-0.05, 0) is 74.7 Å². The quantitative estimate of drug-likeness (QED) is 0.268. The minimum atomic E-state index is -1.33. The van der Waals surface area contributed by atoms with E-state index in [4.69, 9.17) is 25.8 Å². The first-order valence-corrected chi connectivity index (χ1v) is 16.6. The van der Waals surface area contributed by atoms with Crippen LogP contribution in [0.1, 0.15) is 50.9 Å². The summed E-state index contributed by atoms with van der Waals surface area (Å²) in [5.74, 6) is -2.11. The lowest BCUT2D eigenvalue weighted by Gasteiger charge is -2.29. The molecule has 262 valence electrons. The molecule has 0 saturated heterocycles. The van der Waals surface area contributed by atoms with Gasteiger partial charge in [-0.25, -0.2) is 4.39 Å². The summed E-state index contributed by atoms with van der Waals surface area (Å²) in [5.41, 5.74) is 0.161. The molecule has 3 aromatic rings. The fourth-order valence-corrected chi connectivity index (χ4v) is 5.33. The number of amides is 4. The molecule has 4 amide bonds. The van der Waals surface area contributed by atoms with Gasteiger partial charge in [0, 0.05) is 11.6 Å². The van der Waals surface area contributed by atoms with Crippen molar-refractivity contribution in [2.24, 2.45) is 5.92 Å². The van der Waals surface area contributed by atoms with Gasteiger partial charge in [0.05, 0.1) is 24.6 Å². The number of hydrogen-bond acceptors (Lipinski definition) is 7. The zero-order valence-electron chi connectivity index (χ0n) is 28.0. The van der Waals surface area contributed by atoms with Gasteiger partial charge < -0.3 is 35.1 Å². The molecule has 11 nitrogen and oxygen atoms in total. The number of halogens is 2. The summed E-state index contributed by atoms with van der Waals surface area (Å²) in [6.45, 7) is 7.92. The average molecular weight is 697 g/mol. The Morgan fingerprint density at radius 1 is 1.04 bits per heavy atom. The second-order valence-electron chi connectivity index (χ2n) is 12.1. The van der Waals surface area contributed by atoms with Crippen molar-refractivity contribution in [1.82, 2.24) is 20.9 Å². The van der Waals surface area contributed by atoms with Gasteiger partial charge in [0.2, 0.25) is 17.7 Å². The van der Waals surface area contributed by atoms with Crippen LogP contribution in [0.5, 0.6) is 23.0 Å². The number of ether oxygens (including phenoxy) is 3. The molecule has 3 aromatic carbocycles. The van der Waals surface area contributed by atoms with Crippen LogP contribution in [0.15, 0.2) is 66.7 Å². The van der Waals surface area contributed by atoms with Gasteiger partial charge in [-0.1, -0.05) is 43.6 Å². The van der Waals surface area contributed by atoms with E-state index in [1.54, 1.807) is 60.4 Å². The molecule has 0 saturated carbocycles. The minimum Gasteiger partial charge on any atom is -0.491 e. The Balaban J connectivity index is 1.52. The molecule has 4 rings (SSSR count). The highest BCUT2D eigenvalue weighted by Gasteiger charge is 2.31. The van der Waals surface area contributed by atoms with Crippen molar-refractivity contribution >= 4 is 35.2 Å². The van der Waals surface area contributed by atoms with Gasteiger partial charge in [-0.15, -0.1) is 0 Å². The van der Waals surface area contributed by atoms with E-state index in [9.17, 15) is 23.6 Å². The van der Waals surface area contributed by atoms with Crippen molar-refractivity contribution < 1.29 is 37.8 Å². The van der Waals surface area contributed by atoms with E-state index in [-0.39, 0.29) is 54.4 Å². The van der Waals surface area contributed by atoms with Crippen LogP contribution >= 0.6 is 11.6 Å². The van der Waals surface area contributed by atoms with E-state index in [2.05, 4.69) is 16.0 Å². The zero-order valence-corrected chi connectivity index (χ0v) is 28.7. The van der Waals surface area contributed by atoms with Crippen LogP contribution in [0.4, 0.5) is 4.39 Å². The van der Waals surface area contributed by atoms with Gasteiger partial charge in [0.15, 0.2) is 17.3 Å². The van der Waals surface area contributed by atoms with Crippen LogP contribution in [0.3, 0.4) is 0 Å².